The number of carbonyl (C=O) groups excluding carboxylic acids is 1. The number of nitrogens with one attached hydrogen (secondary N) is 1. The largest absolute Gasteiger partial charge is 0.378 e. The van der Waals surface area contributed by atoms with E-state index in [-0.39, 0.29) is 30.0 Å². The van der Waals surface area contributed by atoms with Crippen molar-refractivity contribution >= 4 is 5.91 Å². The molecule has 0 bridgehead atoms. The van der Waals surface area contributed by atoms with Crippen molar-refractivity contribution in [1.29, 1.82) is 0 Å². The first-order valence-electron chi connectivity index (χ1n) is 5.68. The maximum atomic E-state index is 11.7. The van der Waals surface area contributed by atoms with E-state index in [9.17, 15) is 4.79 Å². The molecule has 0 aliphatic carbocycles. The lowest BCUT2D eigenvalue weighted by Crippen LogP contribution is -2.46. The molecule has 0 aromatic rings. The fourth-order valence-electron chi connectivity index (χ4n) is 1.70. The molecule has 1 fully saturated rings. The van der Waals surface area contributed by atoms with E-state index in [0.29, 0.717) is 0 Å². The highest BCUT2D eigenvalue weighted by molar-refractivity contribution is 5.79. The molecule has 1 aliphatic heterocycles. The zero-order valence-electron chi connectivity index (χ0n) is 9.82. The predicted molar refractivity (Wildman–Crippen MR) is 59.4 cm³/mol. The molecular formula is C11H22N2O2. The average Bonchev–Trinajstić information content (AvgIpc) is 2.16. The third-order valence-corrected chi connectivity index (χ3v) is 3.03. The standard InChI is InChI=1S/C11H22N2O2/c1-7-6-10(4-5-15-7)13-11(14)8(2)9(3)12/h7-10H,4-6,12H2,1-3H3,(H,13,14). The third kappa shape index (κ3) is 3.80. The van der Waals surface area contributed by atoms with Gasteiger partial charge in [0.25, 0.3) is 0 Å². The van der Waals surface area contributed by atoms with E-state index in [4.69, 9.17) is 10.5 Å². The van der Waals surface area contributed by atoms with Crippen LogP contribution in [0.2, 0.25) is 0 Å². The van der Waals surface area contributed by atoms with Gasteiger partial charge in [-0.25, -0.2) is 0 Å². The van der Waals surface area contributed by atoms with E-state index in [1.807, 2.05) is 20.8 Å². The Bertz CT molecular complexity index is 219. The van der Waals surface area contributed by atoms with Crippen molar-refractivity contribution in [1.82, 2.24) is 5.32 Å². The number of ether oxygens (including phenoxy) is 1. The van der Waals surface area contributed by atoms with Crippen molar-refractivity contribution in [2.75, 3.05) is 6.61 Å². The summed E-state index contributed by atoms with van der Waals surface area (Å²) in [4.78, 5) is 11.7. The van der Waals surface area contributed by atoms with E-state index >= 15 is 0 Å². The second-order valence-corrected chi connectivity index (χ2v) is 4.56. The Morgan fingerprint density at radius 3 is 2.73 bits per heavy atom. The SMILES string of the molecule is CC1CC(NC(=O)C(C)C(C)N)CCO1. The highest BCUT2D eigenvalue weighted by atomic mass is 16.5. The number of rotatable bonds is 3. The highest BCUT2D eigenvalue weighted by Gasteiger charge is 2.24. The first-order valence-corrected chi connectivity index (χ1v) is 5.68. The van der Waals surface area contributed by atoms with Gasteiger partial charge in [-0.15, -0.1) is 0 Å². The molecule has 0 radical (unpaired) electrons. The van der Waals surface area contributed by atoms with Gasteiger partial charge in [0.05, 0.1) is 6.10 Å². The van der Waals surface area contributed by atoms with Crippen LogP contribution in [0.3, 0.4) is 0 Å². The van der Waals surface area contributed by atoms with E-state index in [1.165, 1.54) is 0 Å². The van der Waals surface area contributed by atoms with Gasteiger partial charge in [-0.2, -0.15) is 0 Å². The Labute approximate surface area is 91.5 Å². The van der Waals surface area contributed by atoms with Crippen LogP contribution in [0.1, 0.15) is 33.6 Å². The molecular weight excluding hydrogens is 192 g/mol. The normalized spacial score (nSPS) is 30.7. The summed E-state index contributed by atoms with van der Waals surface area (Å²) in [6, 6.07) is 0.157. The van der Waals surface area contributed by atoms with Crippen LogP contribution in [-0.4, -0.2) is 30.7 Å². The smallest absolute Gasteiger partial charge is 0.224 e. The third-order valence-electron chi connectivity index (χ3n) is 3.03. The summed E-state index contributed by atoms with van der Waals surface area (Å²) < 4.78 is 5.42. The fraction of sp³-hybridized carbons (Fsp3) is 0.909. The highest BCUT2D eigenvalue weighted by Crippen LogP contribution is 2.14. The van der Waals surface area contributed by atoms with Crippen molar-refractivity contribution in [3.63, 3.8) is 0 Å². The summed E-state index contributed by atoms with van der Waals surface area (Å²) in [7, 11) is 0. The average molecular weight is 214 g/mol. The first-order chi connectivity index (χ1) is 7.00. The molecule has 4 heteroatoms. The molecule has 0 spiro atoms. The molecule has 3 N–H and O–H groups in total. The van der Waals surface area contributed by atoms with E-state index in [2.05, 4.69) is 5.32 Å². The number of nitrogens with two attached hydrogens (primary N) is 1. The Hall–Kier alpha value is -0.610. The summed E-state index contributed by atoms with van der Waals surface area (Å²) in [5.74, 6) is -0.0627. The van der Waals surface area contributed by atoms with E-state index in [1.54, 1.807) is 0 Å². The van der Waals surface area contributed by atoms with Crippen LogP contribution >= 0.6 is 0 Å². The molecule has 0 aromatic heterocycles. The predicted octanol–water partition coefficient (Wildman–Crippen LogP) is 0.653. The van der Waals surface area contributed by atoms with Crippen LogP contribution in [-0.2, 0) is 9.53 Å². The maximum absolute atomic E-state index is 11.7. The van der Waals surface area contributed by atoms with Gasteiger partial charge in [0.2, 0.25) is 5.91 Å². The Morgan fingerprint density at radius 1 is 1.53 bits per heavy atom. The van der Waals surface area contributed by atoms with Gasteiger partial charge in [-0.1, -0.05) is 6.92 Å². The summed E-state index contributed by atoms with van der Waals surface area (Å²) >= 11 is 0. The Morgan fingerprint density at radius 2 is 2.20 bits per heavy atom. The zero-order valence-corrected chi connectivity index (χ0v) is 9.82. The fourth-order valence-corrected chi connectivity index (χ4v) is 1.70. The molecule has 4 nitrogen and oxygen atoms in total. The molecule has 0 aromatic carbocycles. The van der Waals surface area contributed by atoms with Gasteiger partial charge in [0.15, 0.2) is 0 Å². The number of carbonyl (C=O) groups is 1. The van der Waals surface area contributed by atoms with Gasteiger partial charge in [-0.3, -0.25) is 4.79 Å². The minimum atomic E-state index is -0.122. The summed E-state index contributed by atoms with van der Waals surface area (Å²) in [5, 5.41) is 3.03. The molecule has 1 amide bonds. The Balaban J connectivity index is 2.37. The van der Waals surface area contributed by atoms with E-state index in [0.717, 1.165) is 19.4 Å². The van der Waals surface area contributed by atoms with Crippen molar-refractivity contribution in [3.8, 4) is 0 Å². The zero-order chi connectivity index (χ0) is 11.4. The van der Waals surface area contributed by atoms with Gasteiger partial charge in [0.1, 0.15) is 0 Å². The van der Waals surface area contributed by atoms with Gasteiger partial charge in [0, 0.05) is 24.6 Å². The molecule has 4 atom stereocenters. The molecule has 15 heavy (non-hydrogen) atoms. The van der Waals surface area contributed by atoms with Gasteiger partial charge in [-0.05, 0) is 26.7 Å². The van der Waals surface area contributed by atoms with Crippen molar-refractivity contribution < 1.29 is 9.53 Å². The first kappa shape index (κ1) is 12.5. The van der Waals surface area contributed by atoms with E-state index < -0.39 is 0 Å². The lowest BCUT2D eigenvalue weighted by atomic mass is 10.0. The molecule has 1 aliphatic rings. The van der Waals surface area contributed by atoms with Crippen molar-refractivity contribution in [2.45, 2.75) is 51.8 Å². The number of amides is 1. The van der Waals surface area contributed by atoms with Crippen LogP contribution in [0.5, 0.6) is 0 Å². The van der Waals surface area contributed by atoms with Gasteiger partial charge < -0.3 is 15.8 Å². The van der Waals surface area contributed by atoms with Crippen molar-refractivity contribution in [2.24, 2.45) is 11.7 Å². The lowest BCUT2D eigenvalue weighted by molar-refractivity contribution is -0.126. The quantitative estimate of drug-likeness (QED) is 0.725. The maximum Gasteiger partial charge on any atom is 0.224 e. The molecule has 88 valence electrons. The topological polar surface area (TPSA) is 64.4 Å². The molecule has 0 saturated carbocycles. The monoisotopic (exact) mass is 214 g/mol. The number of hydrogen-bond acceptors (Lipinski definition) is 3. The molecule has 1 rings (SSSR count). The lowest BCUT2D eigenvalue weighted by Gasteiger charge is -2.29. The van der Waals surface area contributed by atoms with Gasteiger partial charge >= 0.3 is 0 Å². The van der Waals surface area contributed by atoms with Crippen LogP contribution in [0.15, 0.2) is 0 Å². The minimum absolute atomic E-state index is 0.0594. The van der Waals surface area contributed by atoms with Crippen LogP contribution < -0.4 is 11.1 Å². The van der Waals surface area contributed by atoms with Crippen LogP contribution in [0.4, 0.5) is 0 Å². The molecule has 1 saturated heterocycles. The summed E-state index contributed by atoms with van der Waals surface area (Å²) in [6.07, 6.45) is 2.05. The van der Waals surface area contributed by atoms with Crippen LogP contribution in [0.25, 0.3) is 0 Å². The summed E-state index contributed by atoms with van der Waals surface area (Å²) in [5.41, 5.74) is 5.68. The number of hydrogen-bond donors (Lipinski definition) is 2. The second-order valence-electron chi connectivity index (χ2n) is 4.56. The molecule has 1 heterocycles. The summed E-state index contributed by atoms with van der Waals surface area (Å²) in [6.45, 7) is 6.49. The Kier molecular flexibility index (Phi) is 4.54. The van der Waals surface area contributed by atoms with Crippen molar-refractivity contribution in [3.05, 3.63) is 0 Å². The second kappa shape index (κ2) is 5.47. The minimum Gasteiger partial charge on any atom is -0.378 e. The molecule has 4 unspecified atom stereocenters. The van der Waals surface area contributed by atoms with Crippen LogP contribution in [0, 0.1) is 5.92 Å².